The number of hydrogen-bond donors (Lipinski definition) is 2. The first kappa shape index (κ1) is 18.2. The van der Waals surface area contributed by atoms with E-state index in [2.05, 4.69) is 10.6 Å². The highest BCUT2D eigenvalue weighted by molar-refractivity contribution is 5.95. The monoisotopic (exact) mass is 361 g/mol. The van der Waals surface area contributed by atoms with E-state index in [0.717, 1.165) is 18.4 Å². The van der Waals surface area contributed by atoms with Crippen LogP contribution in [-0.2, 0) is 16.0 Å². The van der Waals surface area contributed by atoms with E-state index in [1.807, 2.05) is 17.9 Å². The maximum atomic E-state index is 14.4. The molecule has 26 heavy (non-hydrogen) atoms. The number of urea groups is 1. The predicted octanol–water partition coefficient (Wildman–Crippen LogP) is 2.49. The van der Waals surface area contributed by atoms with E-state index in [0.29, 0.717) is 29.9 Å². The van der Waals surface area contributed by atoms with Gasteiger partial charge in [-0.3, -0.25) is 0 Å². The molecule has 1 aromatic rings. The summed E-state index contributed by atoms with van der Waals surface area (Å²) >= 11 is 0. The Hall–Kier alpha value is -2.57. The van der Waals surface area contributed by atoms with Crippen LogP contribution in [0.25, 0.3) is 0 Å². The zero-order valence-electron chi connectivity index (χ0n) is 15.1. The van der Waals surface area contributed by atoms with Gasteiger partial charge in [0.2, 0.25) is 0 Å². The lowest BCUT2D eigenvalue weighted by molar-refractivity contribution is -0.139. The number of ether oxygens (including phenoxy) is 1. The summed E-state index contributed by atoms with van der Waals surface area (Å²) in [4.78, 5) is 26.4. The van der Waals surface area contributed by atoms with Crippen LogP contribution in [0.4, 0.5) is 14.9 Å². The van der Waals surface area contributed by atoms with Crippen molar-refractivity contribution in [1.29, 1.82) is 0 Å². The molecule has 1 aromatic carbocycles. The number of anilines is 1. The van der Waals surface area contributed by atoms with Crippen molar-refractivity contribution in [3.05, 3.63) is 40.8 Å². The van der Waals surface area contributed by atoms with Crippen LogP contribution >= 0.6 is 0 Å². The van der Waals surface area contributed by atoms with Gasteiger partial charge in [0.05, 0.1) is 36.2 Å². The Kier molecular flexibility index (Phi) is 5.44. The number of nitrogens with one attached hydrogen (secondary N) is 2. The van der Waals surface area contributed by atoms with Gasteiger partial charge in [-0.1, -0.05) is 19.1 Å². The lowest BCUT2D eigenvalue weighted by atomic mass is 9.97. The highest BCUT2D eigenvalue weighted by atomic mass is 19.1. The van der Waals surface area contributed by atoms with Gasteiger partial charge in [0.15, 0.2) is 0 Å². The topological polar surface area (TPSA) is 70.7 Å². The lowest BCUT2D eigenvalue weighted by Gasteiger charge is -2.35. The first-order valence-electron chi connectivity index (χ1n) is 9.05. The second-order valence-corrected chi connectivity index (χ2v) is 6.44. The molecular weight excluding hydrogens is 337 g/mol. The molecule has 2 aliphatic heterocycles. The van der Waals surface area contributed by atoms with Gasteiger partial charge < -0.3 is 20.3 Å². The Balaban J connectivity index is 1.98. The summed E-state index contributed by atoms with van der Waals surface area (Å²) in [6, 6.07) is 4.29. The summed E-state index contributed by atoms with van der Waals surface area (Å²) < 4.78 is 19.6. The van der Waals surface area contributed by atoms with Gasteiger partial charge in [0, 0.05) is 6.54 Å². The van der Waals surface area contributed by atoms with Crippen molar-refractivity contribution in [3.63, 3.8) is 0 Å². The van der Waals surface area contributed by atoms with Crippen LogP contribution in [0.15, 0.2) is 29.5 Å². The third kappa shape index (κ3) is 3.52. The molecule has 2 amide bonds. The Morgan fingerprint density at radius 1 is 1.38 bits per heavy atom. The molecule has 140 valence electrons. The van der Waals surface area contributed by atoms with E-state index in [4.69, 9.17) is 4.74 Å². The van der Waals surface area contributed by atoms with Crippen LogP contribution < -0.4 is 15.5 Å². The molecule has 0 spiro atoms. The van der Waals surface area contributed by atoms with Crippen molar-refractivity contribution in [1.82, 2.24) is 10.6 Å². The minimum atomic E-state index is -0.451. The number of esters is 1. The number of carbonyl (C=O) groups is 2. The fraction of sp³-hybridized carbons (Fsp3) is 0.474. The summed E-state index contributed by atoms with van der Waals surface area (Å²) in [5.41, 5.74) is 2.39. The quantitative estimate of drug-likeness (QED) is 0.791. The van der Waals surface area contributed by atoms with Crippen molar-refractivity contribution >= 4 is 17.7 Å². The fourth-order valence-corrected chi connectivity index (χ4v) is 3.62. The van der Waals surface area contributed by atoms with Crippen LogP contribution in [0.1, 0.15) is 32.3 Å². The molecule has 0 fully saturated rings. The van der Waals surface area contributed by atoms with Crippen LogP contribution in [0.5, 0.6) is 0 Å². The molecule has 0 bridgehead atoms. The highest BCUT2D eigenvalue weighted by Crippen LogP contribution is 2.31. The predicted molar refractivity (Wildman–Crippen MR) is 96.3 cm³/mol. The summed E-state index contributed by atoms with van der Waals surface area (Å²) in [5.74, 6) is -0.736. The van der Waals surface area contributed by atoms with E-state index < -0.39 is 12.0 Å². The summed E-state index contributed by atoms with van der Waals surface area (Å²) in [7, 11) is 0. The zero-order chi connectivity index (χ0) is 18.7. The van der Waals surface area contributed by atoms with Gasteiger partial charge in [0.1, 0.15) is 5.82 Å². The van der Waals surface area contributed by atoms with Gasteiger partial charge in [-0.25, -0.2) is 14.0 Å². The summed E-state index contributed by atoms with van der Waals surface area (Å²) in [6.45, 7) is 4.80. The van der Waals surface area contributed by atoms with Gasteiger partial charge in [-0.15, -0.1) is 0 Å². The highest BCUT2D eigenvalue weighted by Gasteiger charge is 2.33. The molecule has 2 heterocycles. The third-order valence-corrected chi connectivity index (χ3v) is 4.76. The molecule has 6 nitrogen and oxygen atoms in total. The van der Waals surface area contributed by atoms with Crippen molar-refractivity contribution in [2.75, 3.05) is 24.6 Å². The normalized spacial score (nSPS) is 19.6. The molecule has 0 unspecified atom stereocenters. The van der Waals surface area contributed by atoms with Crippen LogP contribution in [0, 0.1) is 5.82 Å². The number of benzene rings is 1. The molecule has 2 N–H and O–H groups in total. The number of para-hydroxylation sites is 1. The lowest BCUT2D eigenvalue weighted by Crippen LogP contribution is -2.52. The Bertz CT molecular complexity index is 748. The van der Waals surface area contributed by atoms with Gasteiger partial charge in [-0.2, -0.15) is 0 Å². The van der Waals surface area contributed by atoms with E-state index >= 15 is 0 Å². The average molecular weight is 361 g/mol. The molecule has 1 atom stereocenters. The molecule has 0 saturated heterocycles. The standard InChI is InChI=1S/C19H24FN3O3/c1-3-14-16(18(24)26-4-2)15(22-19(25)21-14)11-23-10-6-8-12-7-5-9-13(20)17(12)23/h5,7,9,14H,3-4,6,8,10-11H2,1-2H3,(H2,21,22,25)/t14-/m1/s1. The fourth-order valence-electron chi connectivity index (χ4n) is 3.62. The van der Waals surface area contributed by atoms with E-state index in [-0.39, 0.29) is 25.0 Å². The molecule has 0 radical (unpaired) electrons. The van der Waals surface area contributed by atoms with Crippen molar-refractivity contribution in [3.8, 4) is 0 Å². The number of fused-ring (bicyclic) bond motifs is 1. The van der Waals surface area contributed by atoms with Gasteiger partial charge in [0.25, 0.3) is 0 Å². The smallest absolute Gasteiger partial charge is 0.337 e. The average Bonchev–Trinajstić information content (AvgIpc) is 2.61. The molecular formula is C19H24FN3O3. The first-order chi connectivity index (χ1) is 12.5. The van der Waals surface area contributed by atoms with Crippen molar-refractivity contribution < 1.29 is 18.7 Å². The number of halogens is 1. The second kappa shape index (κ2) is 7.76. The molecule has 0 aliphatic carbocycles. The summed E-state index contributed by atoms with van der Waals surface area (Å²) in [6.07, 6.45) is 2.27. The number of aryl methyl sites for hydroxylation is 1. The molecule has 3 rings (SSSR count). The molecule has 2 aliphatic rings. The molecule has 0 aromatic heterocycles. The van der Waals surface area contributed by atoms with Crippen LogP contribution in [0.2, 0.25) is 0 Å². The number of carbonyl (C=O) groups excluding carboxylic acids is 2. The summed E-state index contributed by atoms with van der Waals surface area (Å²) in [5, 5.41) is 5.48. The van der Waals surface area contributed by atoms with Crippen molar-refractivity contribution in [2.24, 2.45) is 0 Å². The first-order valence-corrected chi connectivity index (χ1v) is 9.05. The Morgan fingerprint density at radius 3 is 2.92 bits per heavy atom. The van der Waals surface area contributed by atoms with Crippen molar-refractivity contribution in [2.45, 2.75) is 39.2 Å². The second-order valence-electron chi connectivity index (χ2n) is 6.44. The minimum absolute atomic E-state index is 0.251. The van der Waals surface area contributed by atoms with E-state index in [1.54, 1.807) is 13.0 Å². The SMILES string of the molecule is CCOC(=O)C1=C(CN2CCCc3cccc(F)c32)NC(=O)N[C@@H]1CC. The van der Waals surface area contributed by atoms with Gasteiger partial charge in [-0.05, 0) is 37.8 Å². The largest absolute Gasteiger partial charge is 0.463 e. The number of rotatable bonds is 5. The molecule has 7 heteroatoms. The number of nitrogens with zero attached hydrogens (tertiary/aromatic N) is 1. The maximum Gasteiger partial charge on any atom is 0.337 e. The maximum absolute atomic E-state index is 14.4. The minimum Gasteiger partial charge on any atom is -0.463 e. The van der Waals surface area contributed by atoms with E-state index in [1.165, 1.54) is 6.07 Å². The van der Waals surface area contributed by atoms with Crippen LogP contribution in [0.3, 0.4) is 0 Å². The zero-order valence-corrected chi connectivity index (χ0v) is 15.1. The molecule has 0 saturated carbocycles. The number of amides is 2. The Morgan fingerprint density at radius 2 is 2.19 bits per heavy atom. The number of hydrogen-bond acceptors (Lipinski definition) is 4. The van der Waals surface area contributed by atoms with Gasteiger partial charge >= 0.3 is 12.0 Å². The Labute approximate surface area is 152 Å². The van der Waals surface area contributed by atoms with E-state index in [9.17, 15) is 14.0 Å². The third-order valence-electron chi connectivity index (χ3n) is 4.76. The van der Waals surface area contributed by atoms with Crippen LogP contribution in [-0.4, -0.2) is 37.7 Å².